The molecule has 0 unspecified atom stereocenters. The van der Waals surface area contributed by atoms with Crippen molar-refractivity contribution < 1.29 is 20.1 Å². The number of hydrogen-bond donors (Lipinski definition) is 4. The first kappa shape index (κ1) is 13.4. The molecule has 0 bridgehead atoms. The van der Waals surface area contributed by atoms with Gasteiger partial charge in [-0.15, -0.1) is 0 Å². The molecule has 0 aliphatic carbocycles. The maximum Gasteiger partial charge on any atom is 0.351 e. The van der Waals surface area contributed by atoms with Crippen molar-refractivity contribution in [2.45, 2.75) is 24.5 Å². The predicted molar refractivity (Wildman–Crippen MR) is 63.6 cm³/mol. The number of nitrogens with zero attached hydrogens (tertiary/aromatic N) is 2. The van der Waals surface area contributed by atoms with E-state index in [-0.39, 0.29) is 5.82 Å². The summed E-state index contributed by atoms with van der Waals surface area (Å²) in [7, 11) is 0. The summed E-state index contributed by atoms with van der Waals surface area (Å²) in [6.45, 7) is -0.465. The Bertz CT molecular complexity index is 507. The lowest BCUT2D eigenvalue weighted by molar-refractivity contribution is -0.0550. The first-order valence-electron chi connectivity index (χ1n) is 5.12. The van der Waals surface area contributed by atoms with Gasteiger partial charge < -0.3 is 25.8 Å². The van der Waals surface area contributed by atoms with Crippen molar-refractivity contribution >= 4 is 21.7 Å². The molecule has 0 aromatic carbocycles. The molecule has 1 aromatic rings. The highest BCUT2D eigenvalue weighted by molar-refractivity contribution is 9.10. The molecular formula is C9H12BrN3O5. The van der Waals surface area contributed by atoms with E-state index in [9.17, 15) is 15.0 Å². The highest BCUT2D eigenvalue weighted by Gasteiger charge is 2.43. The predicted octanol–water partition coefficient (Wildman–Crippen LogP) is -1.80. The van der Waals surface area contributed by atoms with E-state index in [1.54, 1.807) is 0 Å². The molecule has 1 aromatic heterocycles. The van der Waals surface area contributed by atoms with E-state index >= 15 is 0 Å². The molecule has 2 rings (SSSR count). The Morgan fingerprint density at radius 2 is 2.17 bits per heavy atom. The number of anilines is 1. The lowest BCUT2D eigenvalue weighted by Gasteiger charge is -2.17. The number of rotatable bonds is 2. The van der Waals surface area contributed by atoms with Gasteiger partial charge >= 0.3 is 5.69 Å². The fraction of sp³-hybridized carbons (Fsp3) is 0.556. The summed E-state index contributed by atoms with van der Waals surface area (Å²) in [6.07, 6.45) is -3.37. The van der Waals surface area contributed by atoms with Crippen LogP contribution in [-0.4, -0.2) is 49.8 Å². The number of aliphatic hydroxyl groups excluding tert-OH is 3. The van der Waals surface area contributed by atoms with Gasteiger partial charge in [-0.25, -0.2) is 4.79 Å². The SMILES string of the molecule is Nc1nc(=O)n([C@@H]2O[C@H](CO)[C@@H](O)[C@@H]2O)cc1Br. The third kappa shape index (κ3) is 2.15. The molecule has 0 spiro atoms. The normalized spacial score (nSPS) is 31.8. The summed E-state index contributed by atoms with van der Waals surface area (Å²) in [5.41, 5.74) is 4.72. The number of hydrogen-bond acceptors (Lipinski definition) is 7. The summed E-state index contributed by atoms with van der Waals surface area (Å²) in [5.74, 6) is 0.0167. The Morgan fingerprint density at radius 3 is 2.72 bits per heavy atom. The van der Waals surface area contributed by atoms with Crippen LogP contribution in [0.3, 0.4) is 0 Å². The third-order valence-electron chi connectivity index (χ3n) is 2.73. The minimum atomic E-state index is -1.34. The first-order valence-corrected chi connectivity index (χ1v) is 5.91. The molecule has 8 nitrogen and oxygen atoms in total. The van der Waals surface area contributed by atoms with Gasteiger partial charge in [0.15, 0.2) is 6.23 Å². The van der Waals surface area contributed by atoms with Crippen LogP contribution < -0.4 is 11.4 Å². The molecule has 0 radical (unpaired) electrons. The lowest BCUT2D eigenvalue weighted by atomic mass is 10.1. The van der Waals surface area contributed by atoms with E-state index in [2.05, 4.69) is 20.9 Å². The van der Waals surface area contributed by atoms with E-state index in [1.165, 1.54) is 6.20 Å². The van der Waals surface area contributed by atoms with Gasteiger partial charge in [0, 0.05) is 6.20 Å². The molecule has 1 fully saturated rings. The maximum atomic E-state index is 11.6. The zero-order valence-corrected chi connectivity index (χ0v) is 10.7. The van der Waals surface area contributed by atoms with Crippen LogP contribution in [0.5, 0.6) is 0 Å². The maximum absolute atomic E-state index is 11.6. The average molecular weight is 322 g/mol. The Hall–Kier alpha value is -1.00. The quantitative estimate of drug-likeness (QED) is 0.505. The van der Waals surface area contributed by atoms with Crippen LogP contribution in [0.25, 0.3) is 0 Å². The average Bonchev–Trinajstić information content (AvgIpc) is 2.61. The minimum absolute atomic E-state index is 0.0167. The minimum Gasteiger partial charge on any atom is -0.394 e. The van der Waals surface area contributed by atoms with Crippen LogP contribution in [0, 0.1) is 0 Å². The van der Waals surface area contributed by atoms with Gasteiger partial charge in [-0.2, -0.15) is 4.98 Å². The van der Waals surface area contributed by atoms with Crippen molar-refractivity contribution in [2.75, 3.05) is 12.3 Å². The molecule has 2 heterocycles. The van der Waals surface area contributed by atoms with Crippen LogP contribution in [0.15, 0.2) is 15.5 Å². The molecule has 5 N–H and O–H groups in total. The number of nitrogen functional groups attached to an aromatic ring is 1. The molecule has 100 valence electrons. The van der Waals surface area contributed by atoms with Gasteiger partial charge in [0.1, 0.15) is 24.1 Å². The lowest BCUT2D eigenvalue weighted by Crippen LogP contribution is -2.36. The molecule has 18 heavy (non-hydrogen) atoms. The standard InChI is InChI=1S/C9H12BrN3O5/c10-3-1-13(9(17)12-7(3)11)8-6(16)5(15)4(2-14)18-8/h1,4-6,8,14-16H,2H2,(H2,11,12,17)/t4-,5-,6+,8-/m1/s1. The van der Waals surface area contributed by atoms with Crippen molar-refractivity contribution in [1.29, 1.82) is 0 Å². The molecule has 0 amide bonds. The van der Waals surface area contributed by atoms with Gasteiger partial charge in [-0.3, -0.25) is 4.57 Å². The van der Waals surface area contributed by atoms with Gasteiger partial charge in [0.05, 0.1) is 11.1 Å². The molecule has 4 atom stereocenters. The summed E-state index contributed by atoms with van der Waals surface area (Å²) in [4.78, 5) is 15.2. The van der Waals surface area contributed by atoms with Crippen LogP contribution in [0.4, 0.5) is 5.82 Å². The Kier molecular flexibility index (Phi) is 3.69. The van der Waals surface area contributed by atoms with E-state index in [1.807, 2.05) is 0 Å². The van der Waals surface area contributed by atoms with Gasteiger partial charge in [0.2, 0.25) is 0 Å². The summed E-state index contributed by atoms with van der Waals surface area (Å²) in [6, 6.07) is 0. The zero-order chi connectivity index (χ0) is 13.4. The molecule has 0 saturated carbocycles. The second-order valence-corrected chi connectivity index (χ2v) is 4.75. The van der Waals surface area contributed by atoms with Crippen molar-refractivity contribution in [3.63, 3.8) is 0 Å². The second kappa shape index (κ2) is 4.94. The molecule has 1 saturated heterocycles. The topological polar surface area (TPSA) is 131 Å². The highest BCUT2D eigenvalue weighted by Crippen LogP contribution is 2.29. The van der Waals surface area contributed by atoms with Crippen LogP contribution in [-0.2, 0) is 4.74 Å². The number of ether oxygens (including phenoxy) is 1. The van der Waals surface area contributed by atoms with E-state index in [0.717, 1.165) is 4.57 Å². The number of halogens is 1. The molecule has 1 aliphatic heterocycles. The number of aliphatic hydroxyl groups is 3. The van der Waals surface area contributed by atoms with E-state index in [4.69, 9.17) is 15.6 Å². The molecule has 1 aliphatic rings. The summed E-state index contributed by atoms with van der Waals surface area (Å²) in [5, 5.41) is 28.3. The molecular weight excluding hydrogens is 310 g/mol. The van der Waals surface area contributed by atoms with Crippen molar-refractivity contribution in [3.05, 3.63) is 21.2 Å². The summed E-state index contributed by atoms with van der Waals surface area (Å²) < 4.78 is 6.57. The number of nitrogens with two attached hydrogens (primary N) is 1. The van der Waals surface area contributed by atoms with Crippen molar-refractivity contribution in [1.82, 2.24) is 9.55 Å². The van der Waals surface area contributed by atoms with Gasteiger partial charge in [0.25, 0.3) is 0 Å². The van der Waals surface area contributed by atoms with E-state index < -0.39 is 36.8 Å². The second-order valence-electron chi connectivity index (χ2n) is 3.89. The Balaban J connectivity index is 2.39. The van der Waals surface area contributed by atoms with Crippen molar-refractivity contribution in [2.24, 2.45) is 0 Å². The van der Waals surface area contributed by atoms with Gasteiger partial charge in [-0.1, -0.05) is 0 Å². The fourth-order valence-corrected chi connectivity index (χ4v) is 2.06. The van der Waals surface area contributed by atoms with Crippen LogP contribution >= 0.6 is 15.9 Å². The summed E-state index contributed by atoms with van der Waals surface area (Å²) >= 11 is 3.10. The number of aromatic nitrogens is 2. The zero-order valence-electron chi connectivity index (χ0n) is 9.10. The van der Waals surface area contributed by atoms with Crippen LogP contribution in [0.1, 0.15) is 6.23 Å². The Morgan fingerprint density at radius 1 is 1.50 bits per heavy atom. The van der Waals surface area contributed by atoms with Gasteiger partial charge in [-0.05, 0) is 15.9 Å². The fourth-order valence-electron chi connectivity index (χ4n) is 1.75. The monoisotopic (exact) mass is 321 g/mol. The first-order chi connectivity index (χ1) is 8.45. The smallest absolute Gasteiger partial charge is 0.351 e. The highest BCUT2D eigenvalue weighted by atomic mass is 79.9. The molecule has 9 heteroatoms. The largest absolute Gasteiger partial charge is 0.394 e. The van der Waals surface area contributed by atoms with Crippen LogP contribution in [0.2, 0.25) is 0 Å². The van der Waals surface area contributed by atoms with Crippen molar-refractivity contribution in [3.8, 4) is 0 Å². The third-order valence-corrected chi connectivity index (χ3v) is 3.34. The Labute approximate surface area is 110 Å². The van der Waals surface area contributed by atoms with E-state index in [0.29, 0.717) is 4.47 Å².